The number of carbonyl (C=O) groups excluding carboxylic acids is 1. The standard InChI is InChI=1S/C17H17N9O/c1-25-10-15(23-24-25)13-7-21-26(9-13)11-17(27)22-16-3-2-12(6-20-16)14-8-18-4-5-19-14/h2-10H,11H2,1H3,(H3,18,19,20,22,23,24,27)/p-1. The van der Waals surface area contributed by atoms with Gasteiger partial charge in [0, 0.05) is 43.6 Å². The summed E-state index contributed by atoms with van der Waals surface area (Å²) in [6.45, 7) is 0.0736. The number of hydrogen-bond acceptors (Lipinski definition) is 7. The molecular weight excluding hydrogens is 346 g/mol. The van der Waals surface area contributed by atoms with Crippen LogP contribution in [0.5, 0.6) is 0 Å². The van der Waals surface area contributed by atoms with E-state index < -0.39 is 0 Å². The quantitative estimate of drug-likeness (QED) is 0.705. The van der Waals surface area contributed by atoms with Crippen LogP contribution in [-0.2, 0) is 11.3 Å². The van der Waals surface area contributed by atoms with Crippen molar-refractivity contribution < 1.29 is 4.79 Å². The van der Waals surface area contributed by atoms with Gasteiger partial charge in [0.2, 0.25) is 5.91 Å². The summed E-state index contributed by atoms with van der Waals surface area (Å²) in [5, 5.41) is 8.68. The van der Waals surface area contributed by atoms with Gasteiger partial charge < -0.3 is 21.3 Å². The average Bonchev–Trinajstić information content (AvgIpc) is 3.32. The van der Waals surface area contributed by atoms with Gasteiger partial charge in [0.25, 0.3) is 0 Å². The number of anilines is 1. The Morgan fingerprint density at radius 3 is 2.81 bits per heavy atom. The molecule has 0 bridgehead atoms. The van der Waals surface area contributed by atoms with Gasteiger partial charge in [0.15, 0.2) is 0 Å². The SMILES string of the molecule is CN1C=C(c2cnn(CC(=O)Nc3ccc(-c4cnccn4)cn3)c2)[N-]N1. The normalized spacial score (nSPS) is 13.2. The fourth-order valence-electron chi connectivity index (χ4n) is 2.49. The van der Waals surface area contributed by atoms with E-state index in [1.165, 1.54) is 0 Å². The molecule has 1 aliphatic heterocycles. The number of hydrazine groups is 1. The molecule has 27 heavy (non-hydrogen) atoms. The monoisotopic (exact) mass is 362 g/mol. The van der Waals surface area contributed by atoms with Gasteiger partial charge in [0.1, 0.15) is 12.4 Å². The van der Waals surface area contributed by atoms with Crippen LogP contribution in [0.15, 0.2) is 55.5 Å². The summed E-state index contributed by atoms with van der Waals surface area (Å²) >= 11 is 0. The van der Waals surface area contributed by atoms with Crippen LogP contribution in [0, 0.1) is 0 Å². The summed E-state index contributed by atoms with van der Waals surface area (Å²) < 4.78 is 1.55. The van der Waals surface area contributed by atoms with E-state index in [-0.39, 0.29) is 12.5 Å². The maximum absolute atomic E-state index is 12.2. The third-order valence-corrected chi connectivity index (χ3v) is 3.77. The first-order valence-corrected chi connectivity index (χ1v) is 8.13. The van der Waals surface area contributed by atoms with E-state index in [0.29, 0.717) is 5.82 Å². The van der Waals surface area contributed by atoms with Crippen LogP contribution in [0.1, 0.15) is 5.56 Å². The molecule has 0 saturated heterocycles. The second kappa shape index (κ2) is 7.22. The Morgan fingerprint density at radius 2 is 2.11 bits per heavy atom. The minimum atomic E-state index is -0.225. The molecule has 1 aliphatic rings. The van der Waals surface area contributed by atoms with E-state index in [0.717, 1.165) is 22.5 Å². The number of rotatable bonds is 5. The van der Waals surface area contributed by atoms with Crippen LogP contribution >= 0.6 is 0 Å². The van der Waals surface area contributed by atoms with Gasteiger partial charge in [-0.1, -0.05) is 5.70 Å². The Bertz CT molecular complexity index is 966. The van der Waals surface area contributed by atoms with E-state index >= 15 is 0 Å². The number of amides is 1. The van der Waals surface area contributed by atoms with E-state index in [1.54, 1.807) is 52.9 Å². The molecule has 136 valence electrons. The molecule has 2 N–H and O–H groups in total. The summed E-state index contributed by atoms with van der Waals surface area (Å²) in [4.78, 5) is 24.7. The molecule has 10 heteroatoms. The van der Waals surface area contributed by atoms with Crippen molar-refractivity contribution in [3.8, 4) is 11.3 Å². The lowest BCUT2D eigenvalue weighted by Gasteiger charge is -2.19. The van der Waals surface area contributed by atoms with Crippen molar-refractivity contribution in [1.29, 1.82) is 0 Å². The highest BCUT2D eigenvalue weighted by Gasteiger charge is 2.08. The fourth-order valence-corrected chi connectivity index (χ4v) is 2.49. The van der Waals surface area contributed by atoms with Crippen LogP contribution in [0.3, 0.4) is 0 Å². The number of aromatic nitrogens is 5. The summed E-state index contributed by atoms with van der Waals surface area (Å²) in [6.07, 6.45) is 11.8. The first-order chi connectivity index (χ1) is 13.2. The highest BCUT2D eigenvalue weighted by atomic mass is 16.2. The van der Waals surface area contributed by atoms with Gasteiger partial charge in [-0.15, -0.1) is 0 Å². The molecule has 10 nitrogen and oxygen atoms in total. The molecule has 3 aromatic rings. The van der Waals surface area contributed by atoms with Crippen molar-refractivity contribution in [3.63, 3.8) is 0 Å². The van der Waals surface area contributed by atoms with Crippen molar-refractivity contribution in [3.05, 3.63) is 66.5 Å². The van der Waals surface area contributed by atoms with Crippen molar-refractivity contribution in [1.82, 2.24) is 35.3 Å². The predicted molar refractivity (Wildman–Crippen MR) is 98.4 cm³/mol. The van der Waals surface area contributed by atoms with Crippen molar-refractivity contribution >= 4 is 17.4 Å². The van der Waals surface area contributed by atoms with Crippen molar-refractivity contribution in [2.24, 2.45) is 0 Å². The minimum Gasteiger partial charge on any atom is -0.602 e. The number of pyridine rings is 1. The van der Waals surface area contributed by atoms with Crippen molar-refractivity contribution in [2.75, 3.05) is 12.4 Å². The number of hydrogen-bond donors (Lipinski definition) is 2. The van der Waals surface area contributed by atoms with E-state index in [1.807, 2.05) is 19.3 Å². The molecule has 4 rings (SSSR count). The second-order valence-corrected chi connectivity index (χ2v) is 5.83. The zero-order valence-electron chi connectivity index (χ0n) is 14.4. The van der Waals surface area contributed by atoms with Gasteiger partial charge in [-0.25, -0.2) is 4.98 Å². The smallest absolute Gasteiger partial charge is 0.247 e. The summed E-state index contributed by atoms with van der Waals surface area (Å²) in [6, 6.07) is 3.55. The lowest BCUT2D eigenvalue weighted by atomic mass is 10.2. The maximum atomic E-state index is 12.2. The molecular formula is C17H16N9O-. The lowest BCUT2D eigenvalue weighted by molar-refractivity contribution is -0.116. The summed E-state index contributed by atoms with van der Waals surface area (Å²) in [5.41, 5.74) is 10.1. The Morgan fingerprint density at radius 1 is 1.19 bits per heavy atom. The van der Waals surface area contributed by atoms with Gasteiger partial charge in [-0.05, 0) is 17.7 Å². The highest BCUT2D eigenvalue weighted by Crippen LogP contribution is 2.22. The largest absolute Gasteiger partial charge is 0.602 e. The van der Waals surface area contributed by atoms with Crippen LogP contribution in [0.2, 0.25) is 0 Å². The van der Waals surface area contributed by atoms with Crippen LogP contribution in [0.25, 0.3) is 22.4 Å². The summed E-state index contributed by atoms with van der Waals surface area (Å²) in [5.74, 6) is 0.233. The van der Waals surface area contributed by atoms with Gasteiger partial charge in [0.05, 0.1) is 18.1 Å². The lowest BCUT2D eigenvalue weighted by Crippen LogP contribution is -2.19. The first kappa shape index (κ1) is 16.7. The molecule has 1 amide bonds. The fraction of sp³-hybridized carbons (Fsp3) is 0.118. The molecule has 0 aliphatic carbocycles. The van der Waals surface area contributed by atoms with Crippen LogP contribution in [-0.4, -0.2) is 42.7 Å². The molecule has 0 fully saturated rings. The van der Waals surface area contributed by atoms with Gasteiger partial charge in [-0.3, -0.25) is 19.4 Å². The summed E-state index contributed by atoms with van der Waals surface area (Å²) in [7, 11) is 1.84. The zero-order chi connectivity index (χ0) is 18.6. The Balaban J connectivity index is 1.37. The molecule has 0 saturated carbocycles. The average molecular weight is 362 g/mol. The third-order valence-electron chi connectivity index (χ3n) is 3.77. The molecule has 3 aromatic heterocycles. The molecule has 0 unspecified atom stereocenters. The topological polar surface area (TPSA) is 115 Å². The third kappa shape index (κ3) is 3.90. The minimum absolute atomic E-state index is 0.0736. The van der Waals surface area contributed by atoms with E-state index in [2.05, 4.69) is 36.3 Å². The second-order valence-electron chi connectivity index (χ2n) is 5.83. The Kier molecular flexibility index (Phi) is 4.45. The maximum Gasteiger partial charge on any atom is 0.247 e. The van der Waals surface area contributed by atoms with Crippen molar-refractivity contribution in [2.45, 2.75) is 6.54 Å². The predicted octanol–water partition coefficient (Wildman–Crippen LogP) is 1.41. The molecule has 0 atom stereocenters. The Hall–Kier alpha value is -3.79. The number of nitrogens with one attached hydrogen (secondary N) is 2. The molecule has 0 aromatic carbocycles. The van der Waals surface area contributed by atoms with E-state index in [9.17, 15) is 4.79 Å². The molecule has 4 heterocycles. The number of nitrogens with zero attached hydrogens (tertiary/aromatic N) is 7. The number of carbonyl (C=O) groups is 1. The van der Waals surface area contributed by atoms with Crippen LogP contribution < -0.4 is 10.9 Å². The Labute approximate surface area is 154 Å². The van der Waals surface area contributed by atoms with Gasteiger partial charge in [-0.2, -0.15) is 5.10 Å². The zero-order valence-corrected chi connectivity index (χ0v) is 14.4. The molecule has 0 radical (unpaired) electrons. The molecule has 0 spiro atoms. The highest BCUT2D eigenvalue weighted by molar-refractivity contribution is 5.89. The van der Waals surface area contributed by atoms with E-state index in [4.69, 9.17) is 0 Å². The van der Waals surface area contributed by atoms with Gasteiger partial charge >= 0.3 is 0 Å². The first-order valence-electron chi connectivity index (χ1n) is 8.13. The van der Waals surface area contributed by atoms with Crippen LogP contribution in [0.4, 0.5) is 5.82 Å².